The van der Waals surface area contributed by atoms with Crippen LogP contribution in [-0.4, -0.2) is 26.1 Å². The van der Waals surface area contributed by atoms with Crippen LogP contribution in [0, 0.1) is 6.92 Å². The third-order valence-electron chi connectivity index (χ3n) is 2.95. The van der Waals surface area contributed by atoms with Crippen LogP contribution in [-0.2, 0) is 4.79 Å². The normalized spacial score (nSPS) is 12.3. The Kier molecular flexibility index (Phi) is 4.35. The Morgan fingerprint density at radius 3 is 2.86 bits per heavy atom. The van der Waals surface area contributed by atoms with Gasteiger partial charge in [0.2, 0.25) is 5.91 Å². The van der Waals surface area contributed by atoms with Gasteiger partial charge in [0, 0.05) is 11.9 Å². The molecule has 2 aromatic heterocycles. The van der Waals surface area contributed by atoms with Gasteiger partial charge in [-0.05, 0) is 32.0 Å². The molecule has 112 valence electrons. The van der Waals surface area contributed by atoms with Crippen molar-refractivity contribution in [2.75, 3.05) is 5.32 Å². The maximum atomic E-state index is 12.3. The summed E-state index contributed by atoms with van der Waals surface area (Å²) in [5.41, 5.74) is 1.78. The summed E-state index contributed by atoms with van der Waals surface area (Å²) in [6, 6.07) is 9.64. The fourth-order valence-corrected chi connectivity index (χ4v) is 3.50. The van der Waals surface area contributed by atoms with Gasteiger partial charge in [-0.3, -0.25) is 4.79 Å². The number of rotatable bonds is 4. The van der Waals surface area contributed by atoms with Gasteiger partial charge >= 0.3 is 0 Å². The first-order valence-electron chi connectivity index (χ1n) is 6.74. The molecule has 1 atom stereocenters. The SMILES string of the molecule is Cc1ccnc(SC(C)C(=O)Nc2nc3ccccc3s2)n1. The first-order chi connectivity index (χ1) is 10.6. The molecule has 22 heavy (non-hydrogen) atoms. The van der Waals surface area contributed by atoms with Crippen molar-refractivity contribution in [3.05, 3.63) is 42.2 Å². The number of aryl methyl sites for hydroxylation is 1. The van der Waals surface area contributed by atoms with Crippen LogP contribution >= 0.6 is 23.1 Å². The minimum Gasteiger partial charge on any atom is -0.301 e. The van der Waals surface area contributed by atoms with E-state index in [-0.39, 0.29) is 11.2 Å². The lowest BCUT2D eigenvalue weighted by Gasteiger charge is -2.09. The quantitative estimate of drug-likeness (QED) is 0.585. The van der Waals surface area contributed by atoms with E-state index in [2.05, 4.69) is 20.3 Å². The number of hydrogen-bond donors (Lipinski definition) is 1. The number of thiazole rings is 1. The van der Waals surface area contributed by atoms with E-state index >= 15 is 0 Å². The number of anilines is 1. The summed E-state index contributed by atoms with van der Waals surface area (Å²) < 4.78 is 1.06. The average molecular weight is 330 g/mol. The van der Waals surface area contributed by atoms with Crippen LogP contribution in [0.3, 0.4) is 0 Å². The summed E-state index contributed by atoms with van der Waals surface area (Å²) in [5.74, 6) is -0.103. The lowest BCUT2D eigenvalue weighted by atomic mass is 10.3. The lowest BCUT2D eigenvalue weighted by molar-refractivity contribution is -0.115. The topological polar surface area (TPSA) is 67.8 Å². The van der Waals surface area contributed by atoms with Crippen molar-refractivity contribution in [3.8, 4) is 0 Å². The number of thioether (sulfide) groups is 1. The molecule has 0 radical (unpaired) electrons. The van der Waals surface area contributed by atoms with Crippen molar-refractivity contribution in [1.29, 1.82) is 0 Å². The molecule has 0 saturated carbocycles. The van der Waals surface area contributed by atoms with Crippen molar-refractivity contribution in [3.63, 3.8) is 0 Å². The minimum atomic E-state index is -0.297. The molecule has 1 aromatic carbocycles. The van der Waals surface area contributed by atoms with E-state index in [1.165, 1.54) is 23.1 Å². The van der Waals surface area contributed by atoms with Gasteiger partial charge in [0.15, 0.2) is 10.3 Å². The molecule has 1 N–H and O–H groups in total. The average Bonchev–Trinajstić information content (AvgIpc) is 2.89. The number of amides is 1. The van der Waals surface area contributed by atoms with Crippen LogP contribution in [0.1, 0.15) is 12.6 Å². The van der Waals surface area contributed by atoms with Gasteiger partial charge in [0.1, 0.15) is 0 Å². The Hall–Kier alpha value is -1.99. The largest absolute Gasteiger partial charge is 0.301 e. The number of nitrogens with one attached hydrogen (secondary N) is 1. The molecule has 0 bridgehead atoms. The molecule has 0 aliphatic heterocycles. The molecule has 0 aliphatic rings. The zero-order valence-corrected chi connectivity index (χ0v) is 13.7. The van der Waals surface area contributed by atoms with E-state index in [9.17, 15) is 4.79 Å². The molecule has 2 heterocycles. The molecule has 5 nitrogen and oxygen atoms in total. The minimum absolute atomic E-state index is 0.103. The molecule has 0 saturated heterocycles. The van der Waals surface area contributed by atoms with Gasteiger partial charge < -0.3 is 5.32 Å². The highest BCUT2D eigenvalue weighted by Gasteiger charge is 2.17. The number of aromatic nitrogens is 3. The second-order valence-electron chi connectivity index (χ2n) is 4.72. The van der Waals surface area contributed by atoms with Crippen LogP contribution in [0.5, 0.6) is 0 Å². The highest BCUT2D eigenvalue weighted by atomic mass is 32.2. The fourth-order valence-electron chi connectivity index (χ4n) is 1.83. The molecular weight excluding hydrogens is 316 g/mol. The highest BCUT2D eigenvalue weighted by molar-refractivity contribution is 8.00. The number of nitrogens with zero attached hydrogens (tertiary/aromatic N) is 3. The van der Waals surface area contributed by atoms with Crippen molar-refractivity contribution in [1.82, 2.24) is 15.0 Å². The standard InChI is InChI=1S/C15H14N4OS2/c1-9-7-8-16-14(17-9)21-10(2)13(20)19-15-18-11-5-3-4-6-12(11)22-15/h3-8,10H,1-2H3,(H,18,19,20). The number of carbonyl (C=O) groups excluding carboxylic acids is 1. The predicted molar refractivity (Wildman–Crippen MR) is 90.3 cm³/mol. The maximum Gasteiger partial charge on any atom is 0.239 e. The van der Waals surface area contributed by atoms with Gasteiger partial charge in [-0.1, -0.05) is 35.2 Å². The zero-order chi connectivity index (χ0) is 15.5. The third-order valence-corrected chi connectivity index (χ3v) is 4.88. The Balaban J connectivity index is 1.68. The van der Waals surface area contributed by atoms with Crippen molar-refractivity contribution >= 4 is 44.4 Å². The van der Waals surface area contributed by atoms with E-state index in [0.29, 0.717) is 10.3 Å². The van der Waals surface area contributed by atoms with E-state index < -0.39 is 0 Å². The molecule has 3 aromatic rings. The molecular formula is C15H14N4OS2. The number of carbonyl (C=O) groups is 1. The smallest absolute Gasteiger partial charge is 0.239 e. The molecule has 0 spiro atoms. The van der Waals surface area contributed by atoms with Gasteiger partial charge in [0.05, 0.1) is 15.5 Å². The third kappa shape index (κ3) is 3.42. The van der Waals surface area contributed by atoms with Gasteiger partial charge in [-0.2, -0.15) is 0 Å². The number of benzene rings is 1. The van der Waals surface area contributed by atoms with Gasteiger partial charge in [0.25, 0.3) is 0 Å². The van der Waals surface area contributed by atoms with Gasteiger partial charge in [-0.15, -0.1) is 0 Å². The maximum absolute atomic E-state index is 12.3. The fraction of sp³-hybridized carbons (Fsp3) is 0.200. The Morgan fingerprint density at radius 2 is 2.09 bits per heavy atom. The summed E-state index contributed by atoms with van der Waals surface area (Å²) in [6.45, 7) is 3.73. The second kappa shape index (κ2) is 6.41. The van der Waals surface area contributed by atoms with Crippen molar-refractivity contribution in [2.24, 2.45) is 0 Å². The van der Waals surface area contributed by atoms with Crippen molar-refractivity contribution < 1.29 is 4.79 Å². The molecule has 7 heteroatoms. The van der Waals surface area contributed by atoms with Crippen LogP contribution < -0.4 is 5.32 Å². The number of fused-ring (bicyclic) bond motifs is 1. The first kappa shape index (κ1) is 14.9. The molecule has 1 unspecified atom stereocenters. The monoisotopic (exact) mass is 330 g/mol. The van der Waals surface area contributed by atoms with E-state index in [1.807, 2.05) is 44.2 Å². The van der Waals surface area contributed by atoms with Crippen LogP contribution in [0.2, 0.25) is 0 Å². The zero-order valence-electron chi connectivity index (χ0n) is 12.1. The predicted octanol–water partition coefficient (Wildman–Crippen LogP) is 3.51. The molecule has 0 fully saturated rings. The molecule has 0 aliphatic carbocycles. The summed E-state index contributed by atoms with van der Waals surface area (Å²) in [6.07, 6.45) is 1.70. The van der Waals surface area contributed by atoms with Crippen LogP contribution in [0.25, 0.3) is 10.2 Å². The number of hydrogen-bond acceptors (Lipinski definition) is 6. The summed E-state index contributed by atoms with van der Waals surface area (Å²) in [5, 5.41) is 3.78. The van der Waals surface area contributed by atoms with Crippen LogP contribution in [0.4, 0.5) is 5.13 Å². The summed E-state index contributed by atoms with van der Waals surface area (Å²) in [7, 11) is 0. The summed E-state index contributed by atoms with van der Waals surface area (Å²) in [4.78, 5) is 25.1. The summed E-state index contributed by atoms with van der Waals surface area (Å²) >= 11 is 2.80. The molecule has 1 amide bonds. The van der Waals surface area contributed by atoms with Crippen molar-refractivity contribution in [2.45, 2.75) is 24.3 Å². The highest BCUT2D eigenvalue weighted by Crippen LogP contribution is 2.27. The second-order valence-corrected chi connectivity index (χ2v) is 7.06. The van der Waals surface area contributed by atoms with E-state index in [4.69, 9.17) is 0 Å². The molecule has 3 rings (SSSR count). The Labute approximate surface area is 136 Å². The first-order valence-corrected chi connectivity index (χ1v) is 8.44. The van der Waals surface area contributed by atoms with E-state index in [1.54, 1.807) is 6.20 Å². The van der Waals surface area contributed by atoms with Crippen LogP contribution in [0.15, 0.2) is 41.7 Å². The number of para-hydroxylation sites is 1. The Bertz CT molecular complexity index is 785. The Morgan fingerprint density at radius 1 is 1.27 bits per heavy atom. The lowest BCUT2D eigenvalue weighted by Crippen LogP contribution is -2.22. The van der Waals surface area contributed by atoms with Gasteiger partial charge in [-0.25, -0.2) is 15.0 Å². The van der Waals surface area contributed by atoms with E-state index in [0.717, 1.165) is 15.9 Å².